The quantitative estimate of drug-likeness (QED) is 0.701. The topological polar surface area (TPSA) is 22.1 Å². The molecule has 0 bridgehead atoms. The van der Waals surface area contributed by atoms with Crippen molar-refractivity contribution in [2.45, 2.75) is 6.61 Å². The molecule has 0 fully saturated rings. The van der Waals surface area contributed by atoms with Crippen LogP contribution in [0, 0.1) is 0 Å². The van der Waals surface area contributed by atoms with Gasteiger partial charge in [0.15, 0.2) is 0 Å². The van der Waals surface area contributed by atoms with E-state index in [1.165, 1.54) is 0 Å². The fourth-order valence-electron chi connectivity index (χ4n) is 1.76. The first-order valence-corrected chi connectivity index (χ1v) is 6.79. The first-order valence-electron chi connectivity index (χ1n) is 5.53. The smallest absolute Gasteiger partial charge is 0.146 e. The molecule has 0 aliphatic rings. The number of hydrogen-bond acceptors (Lipinski definition) is 3. The number of pyridine rings is 1. The molecule has 0 atom stereocenters. The molecule has 0 unspecified atom stereocenters. The van der Waals surface area contributed by atoms with E-state index in [2.05, 4.69) is 4.98 Å². The van der Waals surface area contributed by atoms with Crippen LogP contribution in [0.25, 0.3) is 10.9 Å². The molecule has 0 amide bonds. The van der Waals surface area contributed by atoms with Gasteiger partial charge in [0.25, 0.3) is 0 Å². The molecule has 4 heteroatoms. The van der Waals surface area contributed by atoms with Crippen LogP contribution in [0.5, 0.6) is 5.75 Å². The molecule has 0 saturated heterocycles. The number of fused-ring (bicyclic) bond motifs is 1. The van der Waals surface area contributed by atoms with E-state index in [0.29, 0.717) is 6.61 Å². The van der Waals surface area contributed by atoms with Gasteiger partial charge in [-0.15, -0.1) is 11.3 Å². The zero-order valence-electron chi connectivity index (χ0n) is 9.47. The van der Waals surface area contributed by atoms with E-state index in [1.807, 2.05) is 41.8 Å². The molecule has 3 rings (SSSR count). The molecule has 18 heavy (non-hydrogen) atoms. The number of benzene rings is 1. The van der Waals surface area contributed by atoms with Crippen molar-refractivity contribution in [3.8, 4) is 5.75 Å². The highest BCUT2D eigenvalue weighted by Crippen LogP contribution is 2.27. The minimum absolute atomic E-state index is 0.478. The number of rotatable bonds is 3. The van der Waals surface area contributed by atoms with Gasteiger partial charge in [-0.05, 0) is 23.6 Å². The number of halogens is 1. The number of aromatic nitrogens is 1. The van der Waals surface area contributed by atoms with Gasteiger partial charge < -0.3 is 4.74 Å². The van der Waals surface area contributed by atoms with Gasteiger partial charge in [0.05, 0.1) is 9.90 Å². The van der Waals surface area contributed by atoms with Crippen LogP contribution in [-0.4, -0.2) is 4.98 Å². The van der Waals surface area contributed by atoms with Gasteiger partial charge in [-0.25, -0.2) is 0 Å². The Kier molecular flexibility index (Phi) is 3.17. The number of ether oxygens (including phenoxy) is 1. The monoisotopic (exact) mass is 275 g/mol. The molecule has 0 saturated carbocycles. The molecule has 0 aliphatic carbocycles. The summed E-state index contributed by atoms with van der Waals surface area (Å²) in [6.07, 6.45) is 1.77. The van der Waals surface area contributed by atoms with Gasteiger partial charge in [0, 0.05) is 11.6 Å². The molecule has 90 valence electrons. The summed E-state index contributed by atoms with van der Waals surface area (Å²) in [4.78, 5) is 5.38. The van der Waals surface area contributed by atoms with Crippen molar-refractivity contribution < 1.29 is 4.74 Å². The Bertz CT molecular complexity index is 675. The van der Waals surface area contributed by atoms with Crippen molar-refractivity contribution in [1.29, 1.82) is 0 Å². The summed E-state index contributed by atoms with van der Waals surface area (Å²) in [6, 6.07) is 11.7. The summed E-state index contributed by atoms with van der Waals surface area (Å²) in [5, 5.41) is 3.79. The lowest BCUT2D eigenvalue weighted by molar-refractivity contribution is 0.313. The summed E-state index contributed by atoms with van der Waals surface area (Å²) < 4.78 is 5.81. The normalized spacial score (nSPS) is 10.7. The van der Waals surface area contributed by atoms with E-state index in [4.69, 9.17) is 16.3 Å². The van der Waals surface area contributed by atoms with Gasteiger partial charge in [0.2, 0.25) is 0 Å². The molecule has 2 nitrogen and oxygen atoms in total. The van der Waals surface area contributed by atoms with E-state index >= 15 is 0 Å². The summed E-state index contributed by atoms with van der Waals surface area (Å²) in [7, 11) is 0. The molecule has 3 aromatic rings. The summed E-state index contributed by atoms with van der Waals surface area (Å²) in [6.45, 7) is 0.478. The maximum absolute atomic E-state index is 6.04. The number of nitrogens with zero attached hydrogens (tertiary/aromatic N) is 1. The Labute approximate surface area is 114 Å². The van der Waals surface area contributed by atoms with Crippen LogP contribution in [0.4, 0.5) is 0 Å². The molecule has 0 aliphatic heterocycles. The molecular formula is C14H10ClNOS. The molecule has 0 spiro atoms. The van der Waals surface area contributed by atoms with Crippen LogP contribution in [0.2, 0.25) is 5.02 Å². The van der Waals surface area contributed by atoms with E-state index in [0.717, 1.165) is 26.6 Å². The average molecular weight is 276 g/mol. The van der Waals surface area contributed by atoms with E-state index < -0.39 is 0 Å². The van der Waals surface area contributed by atoms with E-state index in [9.17, 15) is 0 Å². The molecular weight excluding hydrogens is 266 g/mol. The number of para-hydroxylation sites is 1. The standard InChI is InChI=1S/C14H10ClNOS/c15-11-6-8-18-13(11)9-17-12-5-1-3-10-4-2-7-16-14(10)12/h1-8H,9H2. The minimum Gasteiger partial charge on any atom is -0.486 e. The summed E-state index contributed by atoms with van der Waals surface area (Å²) >= 11 is 7.64. The van der Waals surface area contributed by atoms with Crippen molar-refractivity contribution in [3.05, 3.63) is 57.9 Å². The van der Waals surface area contributed by atoms with Gasteiger partial charge in [-0.3, -0.25) is 4.98 Å². The summed E-state index contributed by atoms with van der Waals surface area (Å²) in [5.41, 5.74) is 0.882. The molecule has 1 aromatic carbocycles. The first kappa shape index (κ1) is 11.5. The minimum atomic E-state index is 0.478. The van der Waals surface area contributed by atoms with Gasteiger partial charge in [-0.1, -0.05) is 29.8 Å². The molecule has 0 radical (unpaired) electrons. The Morgan fingerprint density at radius 3 is 2.89 bits per heavy atom. The highest BCUT2D eigenvalue weighted by molar-refractivity contribution is 7.10. The fraction of sp³-hybridized carbons (Fsp3) is 0.0714. The predicted octanol–water partition coefficient (Wildman–Crippen LogP) is 4.53. The third-order valence-electron chi connectivity index (χ3n) is 2.65. The van der Waals surface area contributed by atoms with Crippen LogP contribution in [0.1, 0.15) is 4.88 Å². The van der Waals surface area contributed by atoms with Crippen molar-refractivity contribution >= 4 is 33.8 Å². The van der Waals surface area contributed by atoms with E-state index in [-0.39, 0.29) is 0 Å². The van der Waals surface area contributed by atoms with Crippen molar-refractivity contribution in [3.63, 3.8) is 0 Å². The maximum atomic E-state index is 6.04. The zero-order valence-corrected chi connectivity index (χ0v) is 11.0. The number of hydrogen-bond donors (Lipinski definition) is 0. The van der Waals surface area contributed by atoms with Crippen LogP contribution in [0.15, 0.2) is 48.0 Å². The van der Waals surface area contributed by atoms with Gasteiger partial charge in [0.1, 0.15) is 17.9 Å². The third kappa shape index (κ3) is 2.19. The average Bonchev–Trinajstić information content (AvgIpc) is 2.82. The SMILES string of the molecule is Clc1ccsc1COc1cccc2cccnc12. The maximum Gasteiger partial charge on any atom is 0.146 e. The lowest BCUT2D eigenvalue weighted by Crippen LogP contribution is -1.95. The second kappa shape index (κ2) is 4.96. The van der Waals surface area contributed by atoms with Crippen LogP contribution in [0.3, 0.4) is 0 Å². The Hall–Kier alpha value is -1.58. The molecule has 2 heterocycles. The second-order valence-corrected chi connectivity index (χ2v) is 5.22. The van der Waals surface area contributed by atoms with E-state index in [1.54, 1.807) is 17.5 Å². The summed E-state index contributed by atoms with van der Waals surface area (Å²) in [5.74, 6) is 0.789. The van der Waals surface area contributed by atoms with Gasteiger partial charge >= 0.3 is 0 Å². The highest BCUT2D eigenvalue weighted by atomic mass is 35.5. The second-order valence-electron chi connectivity index (χ2n) is 3.81. The number of thiophene rings is 1. The van der Waals surface area contributed by atoms with Crippen molar-refractivity contribution in [2.24, 2.45) is 0 Å². The van der Waals surface area contributed by atoms with Crippen LogP contribution < -0.4 is 4.74 Å². The Morgan fingerprint density at radius 2 is 2.06 bits per heavy atom. The third-order valence-corrected chi connectivity index (χ3v) is 4.01. The fourth-order valence-corrected chi connectivity index (χ4v) is 2.77. The van der Waals surface area contributed by atoms with Crippen LogP contribution >= 0.6 is 22.9 Å². The molecule has 0 N–H and O–H groups in total. The Morgan fingerprint density at radius 1 is 1.17 bits per heavy atom. The van der Waals surface area contributed by atoms with Crippen molar-refractivity contribution in [2.75, 3.05) is 0 Å². The highest BCUT2D eigenvalue weighted by Gasteiger charge is 2.06. The lowest BCUT2D eigenvalue weighted by Gasteiger charge is -2.07. The van der Waals surface area contributed by atoms with Gasteiger partial charge in [-0.2, -0.15) is 0 Å². The Balaban J connectivity index is 1.89. The predicted molar refractivity (Wildman–Crippen MR) is 75.4 cm³/mol. The lowest BCUT2D eigenvalue weighted by atomic mass is 10.2. The van der Waals surface area contributed by atoms with Crippen molar-refractivity contribution in [1.82, 2.24) is 4.98 Å². The molecule has 2 aromatic heterocycles. The zero-order chi connectivity index (χ0) is 12.4. The van der Waals surface area contributed by atoms with Crippen LogP contribution in [-0.2, 0) is 6.61 Å². The largest absolute Gasteiger partial charge is 0.486 e. The first-order chi connectivity index (χ1) is 8.84.